The highest BCUT2D eigenvalue weighted by Gasteiger charge is 2.22. The molecular formula is C48H34N4. The standard InChI is InChI=1S/C48H34N4/c1-4-16-33(17-5-1)47-48(50-43-26-14-13-25-42(43)49-47)40-29-31-45(38-23-11-10-22-37(38)40)51(34-18-6-2-7-19-34)36-28-30-46-41(32-36)39-24-12-15-27-44(39)52(46)35-20-8-3-9-21-35/h1-4,6-16,18-32H,5,17H2. The third-order valence-electron chi connectivity index (χ3n) is 10.2. The second-order valence-corrected chi connectivity index (χ2v) is 13.3. The van der Waals surface area contributed by atoms with Gasteiger partial charge in [0.05, 0.1) is 39.1 Å². The summed E-state index contributed by atoms with van der Waals surface area (Å²) in [7, 11) is 0. The van der Waals surface area contributed by atoms with E-state index >= 15 is 0 Å². The predicted octanol–water partition coefficient (Wildman–Crippen LogP) is 12.8. The molecule has 0 bridgehead atoms. The van der Waals surface area contributed by atoms with Crippen LogP contribution in [0.4, 0.5) is 17.1 Å². The monoisotopic (exact) mass is 666 g/mol. The number of anilines is 3. The Kier molecular flexibility index (Phi) is 7.24. The van der Waals surface area contributed by atoms with Gasteiger partial charge in [-0.05, 0) is 96.6 Å². The fourth-order valence-electron chi connectivity index (χ4n) is 7.86. The van der Waals surface area contributed by atoms with E-state index in [9.17, 15) is 0 Å². The van der Waals surface area contributed by atoms with Gasteiger partial charge in [0, 0.05) is 38.8 Å². The van der Waals surface area contributed by atoms with Crippen LogP contribution in [0.15, 0.2) is 182 Å². The molecule has 0 unspecified atom stereocenters. The molecule has 0 fully saturated rings. The van der Waals surface area contributed by atoms with E-state index < -0.39 is 0 Å². The Balaban J connectivity index is 1.20. The first kappa shape index (κ1) is 30.1. The lowest BCUT2D eigenvalue weighted by molar-refractivity contribution is 1.04. The van der Waals surface area contributed by atoms with E-state index in [4.69, 9.17) is 9.97 Å². The Morgan fingerprint density at radius 3 is 1.92 bits per heavy atom. The second kappa shape index (κ2) is 12.5. The zero-order valence-electron chi connectivity index (χ0n) is 28.5. The van der Waals surface area contributed by atoms with Gasteiger partial charge in [-0.2, -0.15) is 0 Å². The van der Waals surface area contributed by atoms with E-state index in [0.29, 0.717) is 0 Å². The molecular weight excluding hydrogens is 633 g/mol. The van der Waals surface area contributed by atoms with Crippen molar-refractivity contribution in [3.05, 3.63) is 188 Å². The number of hydrogen-bond acceptors (Lipinski definition) is 3. The molecule has 0 amide bonds. The lowest BCUT2D eigenvalue weighted by Gasteiger charge is -2.28. The molecule has 0 aliphatic heterocycles. The number of aromatic nitrogens is 3. The molecule has 0 saturated carbocycles. The van der Waals surface area contributed by atoms with Gasteiger partial charge >= 0.3 is 0 Å². The molecule has 2 aromatic heterocycles. The molecule has 246 valence electrons. The van der Waals surface area contributed by atoms with Crippen molar-refractivity contribution in [1.82, 2.24) is 14.5 Å². The first-order valence-electron chi connectivity index (χ1n) is 17.9. The summed E-state index contributed by atoms with van der Waals surface area (Å²) in [6, 6.07) is 58.3. The fraction of sp³-hybridized carbons (Fsp3) is 0.0417. The Morgan fingerprint density at radius 1 is 0.500 bits per heavy atom. The van der Waals surface area contributed by atoms with E-state index in [0.717, 1.165) is 74.3 Å². The topological polar surface area (TPSA) is 34.0 Å². The molecule has 0 spiro atoms. The predicted molar refractivity (Wildman–Crippen MR) is 218 cm³/mol. The number of nitrogens with zero attached hydrogens (tertiary/aromatic N) is 4. The molecule has 0 radical (unpaired) electrons. The molecule has 2 heterocycles. The van der Waals surface area contributed by atoms with Crippen molar-refractivity contribution < 1.29 is 0 Å². The van der Waals surface area contributed by atoms with Gasteiger partial charge in [0.25, 0.3) is 0 Å². The quantitative estimate of drug-likeness (QED) is 0.177. The van der Waals surface area contributed by atoms with Gasteiger partial charge in [0.1, 0.15) is 0 Å². The van der Waals surface area contributed by atoms with Gasteiger partial charge < -0.3 is 9.47 Å². The number of benzene rings is 7. The van der Waals surface area contributed by atoms with Crippen LogP contribution in [0.1, 0.15) is 18.5 Å². The average molecular weight is 667 g/mol. The second-order valence-electron chi connectivity index (χ2n) is 13.3. The summed E-state index contributed by atoms with van der Waals surface area (Å²) < 4.78 is 2.37. The molecule has 7 aromatic carbocycles. The van der Waals surface area contributed by atoms with Gasteiger partial charge in [0.15, 0.2) is 0 Å². The maximum absolute atomic E-state index is 5.31. The van der Waals surface area contributed by atoms with E-state index in [1.807, 2.05) is 12.1 Å². The third-order valence-corrected chi connectivity index (χ3v) is 10.2. The SMILES string of the molecule is C1=CCCC(c2nc3ccccc3nc2-c2ccc(N(c3ccccc3)c3ccc4c(c3)c3ccccc3n4-c3ccccc3)c3ccccc23)=C1. The number of hydrogen-bond donors (Lipinski definition) is 0. The van der Waals surface area contributed by atoms with E-state index in [1.54, 1.807) is 0 Å². The van der Waals surface area contributed by atoms with E-state index in [2.05, 4.69) is 179 Å². The van der Waals surface area contributed by atoms with Crippen molar-refractivity contribution >= 4 is 66.2 Å². The maximum atomic E-state index is 5.31. The Labute approximate surface area is 302 Å². The largest absolute Gasteiger partial charge is 0.310 e. The molecule has 0 saturated heterocycles. The Bertz CT molecular complexity index is 2850. The lowest BCUT2D eigenvalue weighted by Crippen LogP contribution is -2.11. The molecule has 10 rings (SSSR count). The number of fused-ring (bicyclic) bond motifs is 5. The number of allylic oxidation sites excluding steroid dienone is 4. The van der Waals surface area contributed by atoms with Crippen molar-refractivity contribution in [3.63, 3.8) is 0 Å². The van der Waals surface area contributed by atoms with Crippen LogP contribution in [0.25, 0.3) is 66.1 Å². The molecule has 4 nitrogen and oxygen atoms in total. The highest BCUT2D eigenvalue weighted by molar-refractivity contribution is 6.12. The van der Waals surface area contributed by atoms with E-state index in [-0.39, 0.29) is 0 Å². The molecule has 1 aliphatic rings. The minimum Gasteiger partial charge on any atom is -0.310 e. The normalized spacial score (nSPS) is 12.9. The van der Waals surface area contributed by atoms with E-state index in [1.165, 1.54) is 27.4 Å². The summed E-state index contributed by atoms with van der Waals surface area (Å²) in [5.74, 6) is 0. The Morgan fingerprint density at radius 2 is 1.15 bits per heavy atom. The minimum atomic E-state index is 0.898. The highest BCUT2D eigenvalue weighted by atomic mass is 15.1. The van der Waals surface area contributed by atoms with Crippen LogP contribution in [-0.2, 0) is 0 Å². The van der Waals surface area contributed by atoms with Crippen LogP contribution in [-0.4, -0.2) is 14.5 Å². The maximum Gasteiger partial charge on any atom is 0.0975 e. The lowest BCUT2D eigenvalue weighted by atomic mass is 9.93. The zero-order chi connectivity index (χ0) is 34.4. The van der Waals surface area contributed by atoms with Crippen LogP contribution in [0.2, 0.25) is 0 Å². The van der Waals surface area contributed by atoms with Crippen molar-refractivity contribution in [2.75, 3.05) is 4.90 Å². The third kappa shape index (κ3) is 4.99. The number of rotatable bonds is 6. The van der Waals surface area contributed by atoms with Crippen LogP contribution in [0.3, 0.4) is 0 Å². The minimum absolute atomic E-state index is 0.898. The van der Waals surface area contributed by atoms with Crippen molar-refractivity contribution in [2.45, 2.75) is 12.8 Å². The van der Waals surface area contributed by atoms with Gasteiger partial charge in [-0.25, -0.2) is 9.97 Å². The highest BCUT2D eigenvalue weighted by Crippen LogP contribution is 2.44. The van der Waals surface area contributed by atoms with Crippen LogP contribution < -0.4 is 4.90 Å². The number of para-hydroxylation sites is 5. The molecule has 0 atom stereocenters. The van der Waals surface area contributed by atoms with Crippen molar-refractivity contribution in [2.24, 2.45) is 0 Å². The summed E-state index contributed by atoms with van der Waals surface area (Å²) in [5, 5.41) is 4.73. The van der Waals surface area contributed by atoms with Crippen molar-refractivity contribution in [1.29, 1.82) is 0 Å². The summed E-state index contributed by atoms with van der Waals surface area (Å²) in [4.78, 5) is 12.9. The van der Waals surface area contributed by atoms with Crippen LogP contribution >= 0.6 is 0 Å². The first-order valence-corrected chi connectivity index (χ1v) is 17.9. The smallest absolute Gasteiger partial charge is 0.0975 e. The summed E-state index contributed by atoms with van der Waals surface area (Å²) in [6.07, 6.45) is 8.50. The molecule has 1 aliphatic carbocycles. The zero-order valence-corrected chi connectivity index (χ0v) is 28.5. The van der Waals surface area contributed by atoms with Crippen LogP contribution in [0, 0.1) is 0 Å². The molecule has 52 heavy (non-hydrogen) atoms. The van der Waals surface area contributed by atoms with Crippen LogP contribution in [0.5, 0.6) is 0 Å². The fourth-order valence-corrected chi connectivity index (χ4v) is 7.86. The van der Waals surface area contributed by atoms with Gasteiger partial charge in [-0.3, -0.25) is 0 Å². The molecule has 4 heteroatoms. The molecule has 0 N–H and O–H groups in total. The van der Waals surface area contributed by atoms with Gasteiger partial charge in [-0.1, -0.05) is 109 Å². The van der Waals surface area contributed by atoms with Gasteiger partial charge in [0.2, 0.25) is 0 Å². The summed E-state index contributed by atoms with van der Waals surface area (Å²) in [6.45, 7) is 0. The average Bonchev–Trinajstić information content (AvgIpc) is 3.55. The van der Waals surface area contributed by atoms with Gasteiger partial charge in [-0.15, -0.1) is 0 Å². The molecule has 9 aromatic rings. The summed E-state index contributed by atoms with van der Waals surface area (Å²) >= 11 is 0. The van der Waals surface area contributed by atoms with Crippen molar-refractivity contribution in [3.8, 4) is 16.9 Å². The first-order chi connectivity index (χ1) is 25.8. The Hall–Kier alpha value is -6.78. The summed E-state index contributed by atoms with van der Waals surface area (Å²) in [5.41, 5.74) is 12.8.